The molecule has 0 N–H and O–H groups in total. The molecule has 3 nitrogen and oxygen atoms in total. The van der Waals surface area contributed by atoms with Crippen LogP contribution in [0.5, 0.6) is 0 Å². The first-order valence-electron chi connectivity index (χ1n) is 5.39. The fourth-order valence-corrected chi connectivity index (χ4v) is 2.24. The monoisotopic (exact) mass is 193 g/mol. The quantitative estimate of drug-likeness (QED) is 0.711. The summed E-state index contributed by atoms with van der Waals surface area (Å²) in [6.07, 6.45) is 5.18. The van der Waals surface area contributed by atoms with Crippen LogP contribution in [0.2, 0.25) is 0 Å². The Morgan fingerprint density at radius 3 is 2.79 bits per heavy atom. The van der Waals surface area contributed by atoms with Crippen molar-refractivity contribution < 1.29 is 0 Å². The molecule has 14 heavy (non-hydrogen) atoms. The van der Waals surface area contributed by atoms with Crippen molar-refractivity contribution in [1.29, 1.82) is 0 Å². The summed E-state index contributed by atoms with van der Waals surface area (Å²) >= 11 is 0. The van der Waals surface area contributed by atoms with Crippen LogP contribution in [0.3, 0.4) is 0 Å². The Balaban J connectivity index is 2.06. The maximum absolute atomic E-state index is 4.43. The Kier molecular flexibility index (Phi) is 2.59. The highest BCUT2D eigenvalue weighted by molar-refractivity contribution is 5.04. The third kappa shape index (κ3) is 1.69. The van der Waals surface area contributed by atoms with E-state index in [4.69, 9.17) is 0 Å². The largest absolute Gasteiger partial charge is 0.338 e. The van der Waals surface area contributed by atoms with Crippen molar-refractivity contribution in [3.05, 3.63) is 18.2 Å². The van der Waals surface area contributed by atoms with Crippen molar-refractivity contribution >= 4 is 0 Å². The molecule has 1 unspecified atom stereocenters. The van der Waals surface area contributed by atoms with Crippen LogP contribution in [0, 0.1) is 0 Å². The molecule has 1 aromatic rings. The van der Waals surface area contributed by atoms with Gasteiger partial charge in [-0.3, -0.25) is 0 Å². The minimum atomic E-state index is 0.636. The Morgan fingerprint density at radius 1 is 1.50 bits per heavy atom. The molecule has 3 heteroatoms. The van der Waals surface area contributed by atoms with E-state index < -0.39 is 0 Å². The summed E-state index contributed by atoms with van der Waals surface area (Å²) in [5, 5.41) is 0. The summed E-state index contributed by atoms with van der Waals surface area (Å²) in [4.78, 5) is 6.95. The van der Waals surface area contributed by atoms with Crippen molar-refractivity contribution in [2.24, 2.45) is 7.05 Å². The van der Waals surface area contributed by atoms with Crippen LogP contribution in [-0.4, -0.2) is 33.6 Å². The Bertz CT molecular complexity index is 303. The molecule has 78 valence electrons. The van der Waals surface area contributed by atoms with Crippen molar-refractivity contribution in [3.63, 3.8) is 0 Å². The van der Waals surface area contributed by atoms with Gasteiger partial charge in [0.1, 0.15) is 5.82 Å². The van der Waals surface area contributed by atoms with Crippen molar-refractivity contribution in [2.75, 3.05) is 13.1 Å². The smallest absolute Gasteiger partial charge is 0.112 e. The van der Waals surface area contributed by atoms with E-state index in [9.17, 15) is 0 Å². The van der Waals surface area contributed by atoms with Crippen LogP contribution in [0.1, 0.15) is 32.0 Å². The second-order valence-electron chi connectivity index (χ2n) is 4.47. The SMILES string of the molecule is CC(C)N1CCC(c2nccn2C)C1. The molecule has 0 bridgehead atoms. The molecule has 1 aromatic heterocycles. The molecule has 2 rings (SSSR count). The first-order valence-corrected chi connectivity index (χ1v) is 5.39. The minimum Gasteiger partial charge on any atom is -0.338 e. The normalized spacial score (nSPS) is 23.6. The predicted octanol–water partition coefficient (Wildman–Crippen LogP) is 1.62. The number of hydrogen-bond donors (Lipinski definition) is 0. The molecule has 2 heterocycles. The van der Waals surface area contributed by atoms with Gasteiger partial charge in [0.05, 0.1) is 0 Å². The first kappa shape index (κ1) is 9.71. The molecule has 1 saturated heterocycles. The molecule has 0 spiro atoms. The van der Waals surface area contributed by atoms with Gasteiger partial charge >= 0.3 is 0 Å². The number of aryl methyl sites for hydroxylation is 1. The van der Waals surface area contributed by atoms with Crippen molar-refractivity contribution in [1.82, 2.24) is 14.5 Å². The van der Waals surface area contributed by atoms with Gasteiger partial charge in [-0.05, 0) is 26.8 Å². The number of nitrogens with zero attached hydrogens (tertiary/aromatic N) is 3. The lowest BCUT2D eigenvalue weighted by atomic mass is 10.1. The third-order valence-electron chi connectivity index (χ3n) is 3.17. The highest BCUT2D eigenvalue weighted by Crippen LogP contribution is 2.26. The molecule has 0 amide bonds. The van der Waals surface area contributed by atoms with E-state index in [0.717, 1.165) is 0 Å². The van der Waals surface area contributed by atoms with E-state index in [2.05, 4.69) is 35.3 Å². The first-order chi connectivity index (χ1) is 6.68. The van der Waals surface area contributed by atoms with Crippen LogP contribution >= 0.6 is 0 Å². The topological polar surface area (TPSA) is 21.1 Å². The van der Waals surface area contributed by atoms with Gasteiger partial charge in [0, 0.05) is 37.9 Å². The molecule has 0 saturated carbocycles. The van der Waals surface area contributed by atoms with Crippen LogP contribution in [0.25, 0.3) is 0 Å². The zero-order valence-electron chi connectivity index (χ0n) is 9.27. The van der Waals surface area contributed by atoms with E-state index in [1.807, 2.05) is 12.4 Å². The van der Waals surface area contributed by atoms with E-state index in [0.29, 0.717) is 12.0 Å². The van der Waals surface area contributed by atoms with Gasteiger partial charge in [-0.15, -0.1) is 0 Å². The van der Waals surface area contributed by atoms with E-state index in [1.54, 1.807) is 0 Å². The van der Waals surface area contributed by atoms with E-state index >= 15 is 0 Å². The maximum atomic E-state index is 4.43. The van der Waals surface area contributed by atoms with Crippen LogP contribution < -0.4 is 0 Å². The van der Waals surface area contributed by atoms with Crippen LogP contribution in [0.4, 0.5) is 0 Å². The Labute approximate surface area is 85.7 Å². The molecule has 0 radical (unpaired) electrons. The third-order valence-corrected chi connectivity index (χ3v) is 3.17. The summed E-state index contributed by atoms with van der Waals surface area (Å²) in [5.74, 6) is 1.88. The summed E-state index contributed by atoms with van der Waals surface area (Å²) < 4.78 is 2.15. The molecular weight excluding hydrogens is 174 g/mol. The second-order valence-corrected chi connectivity index (χ2v) is 4.47. The number of rotatable bonds is 2. The standard InChI is InChI=1S/C11H19N3/c1-9(2)14-6-4-10(8-14)11-12-5-7-13(11)3/h5,7,9-10H,4,6,8H2,1-3H3. The van der Waals surface area contributed by atoms with Gasteiger partial charge in [0.15, 0.2) is 0 Å². The molecule has 1 atom stereocenters. The fourth-order valence-electron chi connectivity index (χ4n) is 2.24. The Morgan fingerprint density at radius 2 is 2.29 bits per heavy atom. The van der Waals surface area contributed by atoms with Crippen molar-refractivity contribution in [3.8, 4) is 0 Å². The van der Waals surface area contributed by atoms with E-state index in [-0.39, 0.29) is 0 Å². The number of likely N-dealkylation sites (tertiary alicyclic amines) is 1. The second kappa shape index (κ2) is 3.73. The summed E-state index contributed by atoms with van der Waals surface area (Å²) in [6.45, 7) is 6.92. The van der Waals surface area contributed by atoms with Crippen LogP contribution in [0.15, 0.2) is 12.4 Å². The molecule has 1 fully saturated rings. The lowest BCUT2D eigenvalue weighted by Crippen LogP contribution is -2.28. The predicted molar refractivity (Wildman–Crippen MR) is 57.3 cm³/mol. The van der Waals surface area contributed by atoms with Gasteiger partial charge in [0.25, 0.3) is 0 Å². The van der Waals surface area contributed by atoms with Gasteiger partial charge in [-0.1, -0.05) is 0 Å². The van der Waals surface area contributed by atoms with Crippen molar-refractivity contribution in [2.45, 2.75) is 32.2 Å². The van der Waals surface area contributed by atoms with Gasteiger partial charge in [-0.25, -0.2) is 4.98 Å². The summed E-state index contributed by atoms with van der Waals surface area (Å²) in [6, 6.07) is 0.667. The highest BCUT2D eigenvalue weighted by atomic mass is 15.2. The lowest BCUT2D eigenvalue weighted by Gasteiger charge is -2.20. The zero-order chi connectivity index (χ0) is 10.1. The molecule has 1 aliphatic rings. The number of aromatic nitrogens is 2. The fraction of sp³-hybridized carbons (Fsp3) is 0.727. The van der Waals surface area contributed by atoms with Gasteiger partial charge in [-0.2, -0.15) is 0 Å². The average Bonchev–Trinajstić information content (AvgIpc) is 2.71. The minimum absolute atomic E-state index is 0.636. The summed E-state index contributed by atoms with van der Waals surface area (Å²) in [7, 11) is 2.08. The lowest BCUT2D eigenvalue weighted by molar-refractivity contribution is 0.271. The average molecular weight is 193 g/mol. The van der Waals surface area contributed by atoms with Crippen LogP contribution in [-0.2, 0) is 7.05 Å². The van der Waals surface area contributed by atoms with E-state index in [1.165, 1.54) is 25.3 Å². The molecule has 0 aromatic carbocycles. The molecular formula is C11H19N3. The number of imidazole rings is 1. The Hall–Kier alpha value is -0.830. The number of hydrogen-bond acceptors (Lipinski definition) is 2. The molecule has 1 aliphatic heterocycles. The highest BCUT2D eigenvalue weighted by Gasteiger charge is 2.27. The zero-order valence-corrected chi connectivity index (χ0v) is 9.27. The summed E-state index contributed by atoms with van der Waals surface area (Å²) in [5.41, 5.74) is 0. The van der Waals surface area contributed by atoms with Gasteiger partial charge in [0.2, 0.25) is 0 Å². The molecule has 0 aliphatic carbocycles. The van der Waals surface area contributed by atoms with Gasteiger partial charge < -0.3 is 9.47 Å². The maximum Gasteiger partial charge on any atom is 0.112 e.